The molecule has 4 aromatic rings. The monoisotopic (exact) mass is 350 g/mol. The van der Waals surface area contributed by atoms with Crippen LogP contribution in [0.3, 0.4) is 0 Å². The van der Waals surface area contributed by atoms with Crippen LogP contribution in [0, 0.1) is 13.8 Å². The molecule has 0 aliphatic heterocycles. The van der Waals surface area contributed by atoms with E-state index in [2.05, 4.69) is 72.3 Å². The molecule has 2 heteroatoms. The Labute approximate surface area is 160 Å². The van der Waals surface area contributed by atoms with Gasteiger partial charge in [-0.25, -0.2) is 0 Å². The van der Waals surface area contributed by atoms with Gasteiger partial charge in [0.25, 0.3) is 0 Å². The van der Waals surface area contributed by atoms with Crippen molar-refractivity contribution >= 4 is 0 Å². The number of aromatic nitrogens is 2. The van der Waals surface area contributed by atoms with E-state index in [1.807, 2.05) is 36.7 Å². The van der Waals surface area contributed by atoms with Crippen molar-refractivity contribution in [1.29, 1.82) is 0 Å². The highest BCUT2D eigenvalue weighted by Crippen LogP contribution is 2.24. The fraction of sp³-hybridized carbons (Fsp3) is 0.120. The summed E-state index contributed by atoms with van der Waals surface area (Å²) in [5, 5.41) is 0. The molecule has 0 aliphatic carbocycles. The molecule has 2 aromatic carbocycles. The topological polar surface area (TPSA) is 25.8 Å². The summed E-state index contributed by atoms with van der Waals surface area (Å²) in [5.74, 6) is 0. The molecule has 0 fully saturated rings. The summed E-state index contributed by atoms with van der Waals surface area (Å²) < 4.78 is 0. The summed E-state index contributed by atoms with van der Waals surface area (Å²) in [7, 11) is 0. The van der Waals surface area contributed by atoms with E-state index in [-0.39, 0.29) is 0 Å². The predicted molar refractivity (Wildman–Crippen MR) is 112 cm³/mol. The third kappa shape index (κ3) is 3.80. The van der Waals surface area contributed by atoms with E-state index in [9.17, 15) is 0 Å². The maximum absolute atomic E-state index is 4.67. The first-order valence-corrected chi connectivity index (χ1v) is 9.22. The molecule has 2 nitrogen and oxygen atoms in total. The van der Waals surface area contributed by atoms with E-state index >= 15 is 0 Å². The number of hydrogen-bond donors (Lipinski definition) is 0. The van der Waals surface area contributed by atoms with Gasteiger partial charge in [0.15, 0.2) is 0 Å². The van der Waals surface area contributed by atoms with Crippen molar-refractivity contribution < 1.29 is 0 Å². The molecule has 0 bridgehead atoms. The Morgan fingerprint density at radius 1 is 0.704 bits per heavy atom. The normalized spacial score (nSPS) is 10.7. The lowest BCUT2D eigenvalue weighted by Gasteiger charge is -2.10. The molecule has 0 saturated heterocycles. The van der Waals surface area contributed by atoms with Crippen LogP contribution in [-0.4, -0.2) is 9.97 Å². The first kappa shape index (κ1) is 17.2. The molecule has 0 unspecified atom stereocenters. The van der Waals surface area contributed by atoms with Crippen LogP contribution in [0.25, 0.3) is 22.5 Å². The van der Waals surface area contributed by atoms with Crippen molar-refractivity contribution in [2.75, 3.05) is 0 Å². The van der Waals surface area contributed by atoms with Crippen molar-refractivity contribution in [3.63, 3.8) is 0 Å². The van der Waals surface area contributed by atoms with E-state index < -0.39 is 0 Å². The van der Waals surface area contributed by atoms with Gasteiger partial charge in [-0.1, -0.05) is 60.7 Å². The molecule has 0 spiro atoms. The quantitative estimate of drug-likeness (QED) is 0.450. The molecule has 0 amide bonds. The van der Waals surface area contributed by atoms with Gasteiger partial charge in [0.2, 0.25) is 0 Å². The van der Waals surface area contributed by atoms with Gasteiger partial charge >= 0.3 is 0 Å². The van der Waals surface area contributed by atoms with Crippen LogP contribution in [0.1, 0.15) is 22.3 Å². The van der Waals surface area contributed by atoms with Gasteiger partial charge in [-0.3, -0.25) is 9.97 Å². The maximum Gasteiger partial charge on any atom is 0.0731 e. The van der Waals surface area contributed by atoms with E-state index in [0.717, 1.165) is 28.9 Å². The first-order valence-electron chi connectivity index (χ1n) is 9.22. The zero-order valence-corrected chi connectivity index (χ0v) is 15.7. The molecule has 2 aromatic heterocycles. The van der Waals surface area contributed by atoms with Gasteiger partial charge in [-0.2, -0.15) is 0 Å². The smallest absolute Gasteiger partial charge is 0.0731 e. The Morgan fingerprint density at radius 3 is 2.19 bits per heavy atom. The third-order valence-electron chi connectivity index (χ3n) is 4.92. The fourth-order valence-electron chi connectivity index (χ4n) is 3.32. The molecule has 2 heterocycles. The second kappa shape index (κ2) is 7.55. The van der Waals surface area contributed by atoms with Gasteiger partial charge in [0.1, 0.15) is 0 Å². The van der Waals surface area contributed by atoms with Crippen LogP contribution in [0.15, 0.2) is 85.2 Å². The largest absolute Gasteiger partial charge is 0.256 e. The fourth-order valence-corrected chi connectivity index (χ4v) is 3.32. The summed E-state index contributed by atoms with van der Waals surface area (Å²) >= 11 is 0. The summed E-state index contributed by atoms with van der Waals surface area (Å²) in [6.07, 6.45) is 4.74. The number of pyridine rings is 2. The lowest BCUT2D eigenvalue weighted by molar-refractivity contribution is 1.11. The molecule has 0 N–H and O–H groups in total. The Balaban J connectivity index is 1.55. The van der Waals surface area contributed by atoms with Gasteiger partial charge in [0.05, 0.1) is 11.4 Å². The molecule has 27 heavy (non-hydrogen) atoms. The minimum Gasteiger partial charge on any atom is -0.256 e. The van der Waals surface area contributed by atoms with Crippen LogP contribution < -0.4 is 0 Å². The second-order valence-corrected chi connectivity index (χ2v) is 6.90. The van der Waals surface area contributed by atoms with Gasteiger partial charge < -0.3 is 0 Å². The second-order valence-electron chi connectivity index (χ2n) is 6.90. The lowest BCUT2D eigenvalue weighted by Crippen LogP contribution is -1.95. The Bertz CT molecular complexity index is 1050. The number of rotatable bonds is 4. The van der Waals surface area contributed by atoms with Crippen molar-refractivity contribution in [1.82, 2.24) is 9.97 Å². The number of nitrogens with zero attached hydrogens (tertiary/aromatic N) is 2. The van der Waals surface area contributed by atoms with Crippen LogP contribution >= 0.6 is 0 Å². The molecular weight excluding hydrogens is 328 g/mol. The van der Waals surface area contributed by atoms with E-state index in [1.54, 1.807) is 0 Å². The molecule has 0 radical (unpaired) electrons. The molecule has 4 rings (SSSR count). The molecule has 0 saturated carbocycles. The maximum atomic E-state index is 4.67. The summed E-state index contributed by atoms with van der Waals surface area (Å²) in [6.45, 7) is 4.26. The Kier molecular flexibility index (Phi) is 4.80. The van der Waals surface area contributed by atoms with Gasteiger partial charge in [-0.05, 0) is 54.7 Å². The van der Waals surface area contributed by atoms with Crippen LogP contribution in [0.2, 0.25) is 0 Å². The Morgan fingerprint density at radius 2 is 1.48 bits per heavy atom. The minimum absolute atomic E-state index is 0.884. The van der Waals surface area contributed by atoms with Crippen molar-refractivity contribution in [2.24, 2.45) is 0 Å². The van der Waals surface area contributed by atoms with Crippen molar-refractivity contribution in [3.8, 4) is 22.5 Å². The van der Waals surface area contributed by atoms with Crippen LogP contribution in [-0.2, 0) is 6.42 Å². The molecular formula is C25H22N2. The van der Waals surface area contributed by atoms with Gasteiger partial charge in [0, 0.05) is 23.5 Å². The molecule has 132 valence electrons. The standard InChI is InChI=1S/C25H22N2/c1-18-7-6-14-26-25(18)22-12-10-20(11-13-22)16-23-17-27-24(15-19(23)2)21-8-4-3-5-9-21/h3-15,17H,16H2,1-2H3. The van der Waals surface area contributed by atoms with E-state index in [4.69, 9.17) is 0 Å². The average molecular weight is 350 g/mol. The highest BCUT2D eigenvalue weighted by atomic mass is 14.7. The van der Waals surface area contributed by atoms with Crippen LogP contribution in [0.5, 0.6) is 0 Å². The lowest BCUT2D eigenvalue weighted by atomic mass is 9.98. The van der Waals surface area contributed by atoms with Crippen LogP contribution in [0.4, 0.5) is 0 Å². The van der Waals surface area contributed by atoms with Gasteiger partial charge in [-0.15, -0.1) is 0 Å². The highest BCUT2D eigenvalue weighted by molar-refractivity contribution is 5.63. The zero-order valence-electron chi connectivity index (χ0n) is 15.7. The molecule has 0 aliphatic rings. The SMILES string of the molecule is Cc1cc(-c2ccccc2)ncc1Cc1ccc(-c2ncccc2C)cc1. The summed E-state index contributed by atoms with van der Waals surface area (Å²) in [5.41, 5.74) is 9.40. The summed E-state index contributed by atoms with van der Waals surface area (Å²) in [6, 6.07) is 25.3. The number of aryl methyl sites for hydroxylation is 2. The molecule has 0 atom stereocenters. The predicted octanol–water partition coefficient (Wildman–Crippen LogP) is 6.02. The third-order valence-corrected chi connectivity index (χ3v) is 4.92. The minimum atomic E-state index is 0.884. The number of hydrogen-bond acceptors (Lipinski definition) is 2. The highest BCUT2D eigenvalue weighted by Gasteiger charge is 2.06. The van der Waals surface area contributed by atoms with E-state index in [0.29, 0.717) is 0 Å². The Hall–Kier alpha value is -3.26. The number of benzene rings is 2. The first-order chi connectivity index (χ1) is 13.2. The van der Waals surface area contributed by atoms with Crippen molar-refractivity contribution in [2.45, 2.75) is 20.3 Å². The summed E-state index contributed by atoms with van der Waals surface area (Å²) in [4.78, 5) is 9.18. The zero-order chi connectivity index (χ0) is 18.6. The van der Waals surface area contributed by atoms with E-state index in [1.165, 1.54) is 22.3 Å². The average Bonchev–Trinajstić information content (AvgIpc) is 2.71. The van der Waals surface area contributed by atoms with Crippen molar-refractivity contribution in [3.05, 3.63) is 107 Å².